The SMILES string of the molecule is CCNC(=O)c1c(-c2ccc([N+](=O)[O-])cc2)csc1N. The Bertz CT molecular complexity index is 649. The monoisotopic (exact) mass is 291 g/mol. The van der Waals surface area contributed by atoms with E-state index in [1.165, 1.54) is 23.5 Å². The Morgan fingerprint density at radius 3 is 2.60 bits per heavy atom. The highest BCUT2D eigenvalue weighted by atomic mass is 32.1. The summed E-state index contributed by atoms with van der Waals surface area (Å²) in [4.78, 5) is 22.2. The van der Waals surface area contributed by atoms with Crippen LogP contribution >= 0.6 is 11.3 Å². The van der Waals surface area contributed by atoms with E-state index < -0.39 is 4.92 Å². The molecule has 0 spiro atoms. The number of nitro benzene ring substituents is 1. The molecule has 6 nitrogen and oxygen atoms in total. The Morgan fingerprint density at radius 2 is 2.05 bits per heavy atom. The second-order valence-electron chi connectivity index (χ2n) is 4.05. The topological polar surface area (TPSA) is 98.3 Å². The summed E-state index contributed by atoms with van der Waals surface area (Å²) in [5.41, 5.74) is 7.69. The van der Waals surface area contributed by atoms with Crippen molar-refractivity contribution < 1.29 is 9.72 Å². The summed E-state index contributed by atoms with van der Waals surface area (Å²) in [6, 6.07) is 6.04. The van der Waals surface area contributed by atoms with E-state index in [0.29, 0.717) is 22.7 Å². The summed E-state index contributed by atoms with van der Waals surface area (Å²) in [6.45, 7) is 2.33. The first-order valence-corrected chi connectivity index (χ1v) is 6.82. The summed E-state index contributed by atoms with van der Waals surface area (Å²) in [5, 5.41) is 15.6. The van der Waals surface area contributed by atoms with Gasteiger partial charge in [-0.05, 0) is 24.6 Å². The standard InChI is InChI=1S/C13H13N3O3S/c1-2-15-13(17)11-10(7-20-12(11)14)8-3-5-9(6-4-8)16(18)19/h3-7H,2,14H2,1H3,(H,15,17). The lowest BCUT2D eigenvalue weighted by molar-refractivity contribution is -0.384. The lowest BCUT2D eigenvalue weighted by atomic mass is 10.0. The normalized spacial score (nSPS) is 10.2. The maximum absolute atomic E-state index is 12.0. The summed E-state index contributed by atoms with van der Waals surface area (Å²) in [6.07, 6.45) is 0. The van der Waals surface area contributed by atoms with Crippen molar-refractivity contribution in [1.82, 2.24) is 5.32 Å². The number of nitrogens with zero attached hydrogens (tertiary/aromatic N) is 1. The Morgan fingerprint density at radius 1 is 1.40 bits per heavy atom. The highest BCUT2D eigenvalue weighted by Gasteiger charge is 2.18. The second-order valence-corrected chi connectivity index (χ2v) is 4.96. The summed E-state index contributed by atoms with van der Waals surface area (Å²) in [5.74, 6) is -0.236. The molecular formula is C13H13N3O3S. The Hall–Kier alpha value is -2.41. The number of carbonyl (C=O) groups excluding carboxylic acids is 1. The molecule has 2 rings (SSSR count). The summed E-state index contributed by atoms with van der Waals surface area (Å²) < 4.78 is 0. The van der Waals surface area contributed by atoms with Crippen LogP contribution in [0.5, 0.6) is 0 Å². The molecule has 1 heterocycles. The van der Waals surface area contributed by atoms with Crippen LogP contribution in [0.1, 0.15) is 17.3 Å². The molecule has 0 aliphatic rings. The van der Waals surface area contributed by atoms with Crippen LogP contribution in [-0.2, 0) is 0 Å². The van der Waals surface area contributed by atoms with Crippen molar-refractivity contribution in [2.24, 2.45) is 0 Å². The molecule has 3 N–H and O–H groups in total. The molecular weight excluding hydrogens is 278 g/mol. The van der Waals surface area contributed by atoms with E-state index >= 15 is 0 Å². The van der Waals surface area contributed by atoms with Crippen molar-refractivity contribution in [3.63, 3.8) is 0 Å². The van der Waals surface area contributed by atoms with Gasteiger partial charge >= 0.3 is 0 Å². The third-order valence-electron chi connectivity index (χ3n) is 2.77. The third kappa shape index (κ3) is 2.62. The zero-order valence-corrected chi connectivity index (χ0v) is 11.6. The first-order valence-electron chi connectivity index (χ1n) is 5.94. The predicted octanol–water partition coefficient (Wildman–Crippen LogP) is 2.66. The molecule has 0 aliphatic heterocycles. The molecule has 0 saturated carbocycles. The number of hydrogen-bond donors (Lipinski definition) is 2. The van der Waals surface area contributed by atoms with Gasteiger partial charge in [0, 0.05) is 29.6 Å². The Labute approximate surface area is 119 Å². The van der Waals surface area contributed by atoms with Crippen LogP contribution < -0.4 is 11.1 Å². The molecule has 20 heavy (non-hydrogen) atoms. The van der Waals surface area contributed by atoms with Crippen LogP contribution in [0.3, 0.4) is 0 Å². The van der Waals surface area contributed by atoms with Crippen LogP contribution in [0, 0.1) is 10.1 Å². The van der Waals surface area contributed by atoms with Gasteiger partial charge in [0.25, 0.3) is 11.6 Å². The highest BCUT2D eigenvalue weighted by Crippen LogP contribution is 2.34. The first kappa shape index (κ1) is 14.0. The van der Waals surface area contributed by atoms with Gasteiger partial charge in [0.05, 0.1) is 15.5 Å². The number of carbonyl (C=O) groups is 1. The van der Waals surface area contributed by atoms with E-state index in [2.05, 4.69) is 5.32 Å². The smallest absolute Gasteiger partial charge is 0.269 e. The molecule has 0 atom stereocenters. The van der Waals surface area contributed by atoms with Crippen molar-refractivity contribution in [3.8, 4) is 11.1 Å². The number of hydrogen-bond acceptors (Lipinski definition) is 5. The van der Waals surface area contributed by atoms with Crippen molar-refractivity contribution in [2.45, 2.75) is 6.92 Å². The lowest BCUT2D eigenvalue weighted by Crippen LogP contribution is -2.23. The van der Waals surface area contributed by atoms with Crippen molar-refractivity contribution in [3.05, 3.63) is 45.3 Å². The van der Waals surface area contributed by atoms with E-state index in [0.717, 1.165) is 5.56 Å². The van der Waals surface area contributed by atoms with Crippen LogP contribution in [0.15, 0.2) is 29.6 Å². The number of nitrogens with one attached hydrogen (secondary N) is 1. The number of nitrogens with two attached hydrogens (primary N) is 1. The van der Waals surface area contributed by atoms with Gasteiger partial charge in [0.15, 0.2) is 0 Å². The number of nitro groups is 1. The van der Waals surface area contributed by atoms with Crippen LogP contribution in [0.4, 0.5) is 10.7 Å². The van der Waals surface area contributed by atoms with Crippen molar-refractivity contribution >= 4 is 27.9 Å². The molecule has 0 bridgehead atoms. The molecule has 1 amide bonds. The Balaban J connectivity index is 2.42. The second kappa shape index (κ2) is 5.70. The minimum Gasteiger partial charge on any atom is -0.390 e. The van der Waals surface area contributed by atoms with E-state index in [1.807, 2.05) is 6.92 Å². The van der Waals surface area contributed by atoms with Gasteiger partial charge in [-0.25, -0.2) is 0 Å². The summed E-state index contributed by atoms with van der Waals surface area (Å²) >= 11 is 1.27. The lowest BCUT2D eigenvalue weighted by Gasteiger charge is -2.06. The number of anilines is 1. The maximum atomic E-state index is 12.0. The van der Waals surface area contributed by atoms with Gasteiger partial charge < -0.3 is 11.1 Å². The number of nitrogen functional groups attached to an aromatic ring is 1. The van der Waals surface area contributed by atoms with Gasteiger partial charge in [-0.3, -0.25) is 14.9 Å². The van der Waals surface area contributed by atoms with Crippen LogP contribution in [-0.4, -0.2) is 17.4 Å². The van der Waals surface area contributed by atoms with Gasteiger partial charge in [0.2, 0.25) is 0 Å². The summed E-state index contributed by atoms with van der Waals surface area (Å²) in [7, 11) is 0. The molecule has 0 saturated heterocycles. The average Bonchev–Trinajstić information content (AvgIpc) is 2.81. The largest absolute Gasteiger partial charge is 0.390 e. The van der Waals surface area contributed by atoms with E-state index in [1.54, 1.807) is 17.5 Å². The number of non-ortho nitro benzene ring substituents is 1. The van der Waals surface area contributed by atoms with Gasteiger partial charge in [-0.1, -0.05) is 0 Å². The minimum absolute atomic E-state index is 0.0107. The first-order chi connectivity index (χ1) is 9.54. The molecule has 0 unspecified atom stereocenters. The van der Waals surface area contributed by atoms with Gasteiger partial charge in [-0.2, -0.15) is 0 Å². The zero-order valence-electron chi connectivity index (χ0n) is 10.8. The molecule has 1 aromatic heterocycles. The zero-order chi connectivity index (χ0) is 14.7. The number of benzene rings is 1. The predicted molar refractivity (Wildman–Crippen MR) is 78.8 cm³/mol. The fourth-order valence-corrected chi connectivity index (χ4v) is 2.65. The van der Waals surface area contributed by atoms with E-state index in [-0.39, 0.29) is 11.6 Å². The molecule has 1 aromatic carbocycles. The van der Waals surface area contributed by atoms with Crippen molar-refractivity contribution in [2.75, 3.05) is 12.3 Å². The fourth-order valence-electron chi connectivity index (χ4n) is 1.83. The van der Waals surface area contributed by atoms with E-state index in [4.69, 9.17) is 5.73 Å². The fraction of sp³-hybridized carbons (Fsp3) is 0.154. The number of thiophene rings is 1. The number of rotatable bonds is 4. The van der Waals surface area contributed by atoms with Crippen molar-refractivity contribution in [1.29, 1.82) is 0 Å². The molecule has 7 heteroatoms. The molecule has 0 aliphatic carbocycles. The highest BCUT2D eigenvalue weighted by molar-refractivity contribution is 7.15. The Kier molecular flexibility index (Phi) is 3.99. The van der Waals surface area contributed by atoms with E-state index in [9.17, 15) is 14.9 Å². The van der Waals surface area contributed by atoms with Crippen LogP contribution in [0.25, 0.3) is 11.1 Å². The van der Waals surface area contributed by atoms with Gasteiger partial charge in [0.1, 0.15) is 0 Å². The van der Waals surface area contributed by atoms with Crippen LogP contribution in [0.2, 0.25) is 0 Å². The molecule has 2 aromatic rings. The molecule has 104 valence electrons. The minimum atomic E-state index is -0.462. The maximum Gasteiger partial charge on any atom is 0.269 e. The quantitative estimate of drug-likeness (QED) is 0.668. The number of amides is 1. The molecule has 0 fully saturated rings. The van der Waals surface area contributed by atoms with Gasteiger partial charge in [-0.15, -0.1) is 11.3 Å². The molecule has 0 radical (unpaired) electrons. The average molecular weight is 291 g/mol. The third-order valence-corrected chi connectivity index (χ3v) is 3.58.